The topological polar surface area (TPSA) is 119 Å². The lowest BCUT2D eigenvalue weighted by Crippen LogP contribution is -2.36. The number of sulfonamides is 1. The Morgan fingerprint density at radius 3 is 2.12 bits per heavy atom. The molecule has 1 fully saturated rings. The molecule has 1 aliphatic rings. The van der Waals surface area contributed by atoms with Crippen LogP contribution in [0.4, 0.5) is 13.2 Å². The Morgan fingerprint density at radius 1 is 0.975 bits per heavy atom. The Hall–Kier alpha value is -2.74. The van der Waals surface area contributed by atoms with Crippen molar-refractivity contribution in [1.82, 2.24) is 10.0 Å². The first-order valence-electron chi connectivity index (χ1n) is 12.5. The quantitative estimate of drug-likeness (QED) is 0.407. The van der Waals surface area contributed by atoms with E-state index < -0.39 is 42.9 Å². The number of ether oxygens (including phenoxy) is 1. The molecule has 222 valence electrons. The fourth-order valence-corrected chi connectivity index (χ4v) is 5.95. The van der Waals surface area contributed by atoms with E-state index in [1.165, 1.54) is 24.3 Å². The first kappa shape index (κ1) is 33.5. The Balaban J connectivity index is 0.000000708. The Labute approximate surface area is 234 Å². The van der Waals surface area contributed by atoms with Gasteiger partial charge in [-0.25, -0.2) is 21.6 Å². The summed E-state index contributed by atoms with van der Waals surface area (Å²) in [4.78, 5) is 9.23. The van der Waals surface area contributed by atoms with Gasteiger partial charge in [-0.3, -0.25) is 4.79 Å². The SMILES string of the molecule is CC(C)(C)OC=O.O=S(=O)(CC=Cc1cc(S(=O)(=O)c2ccccc2)ccc1C(F)(F)F)NCC1CCNCC1. The summed E-state index contributed by atoms with van der Waals surface area (Å²) in [5.74, 6) is -0.313. The number of benzene rings is 2. The van der Waals surface area contributed by atoms with Gasteiger partial charge in [0.05, 0.1) is 21.1 Å². The van der Waals surface area contributed by atoms with Gasteiger partial charge in [0.1, 0.15) is 5.60 Å². The highest BCUT2D eigenvalue weighted by Crippen LogP contribution is 2.35. The number of sulfone groups is 1. The van der Waals surface area contributed by atoms with Crippen molar-refractivity contribution in [3.05, 3.63) is 65.7 Å². The first-order valence-corrected chi connectivity index (χ1v) is 15.7. The maximum Gasteiger partial charge on any atom is 0.416 e. The number of nitrogens with one attached hydrogen (secondary N) is 2. The van der Waals surface area contributed by atoms with Crippen LogP contribution in [-0.2, 0) is 35.6 Å². The summed E-state index contributed by atoms with van der Waals surface area (Å²) in [6, 6.07) is 9.86. The third kappa shape index (κ3) is 11.0. The molecule has 1 heterocycles. The van der Waals surface area contributed by atoms with Gasteiger partial charge in [-0.1, -0.05) is 30.4 Å². The zero-order valence-corrected chi connectivity index (χ0v) is 24.2. The number of hydrogen-bond donors (Lipinski definition) is 2. The maximum atomic E-state index is 13.5. The Kier molecular flexibility index (Phi) is 11.9. The highest BCUT2D eigenvalue weighted by Gasteiger charge is 2.33. The summed E-state index contributed by atoms with van der Waals surface area (Å²) in [5.41, 5.74) is -1.79. The molecule has 40 heavy (non-hydrogen) atoms. The molecule has 0 atom stereocenters. The van der Waals surface area contributed by atoms with Crippen LogP contribution in [0.5, 0.6) is 0 Å². The van der Waals surface area contributed by atoms with Crippen LogP contribution in [0.15, 0.2) is 64.4 Å². The van der Waals surface area contributed by atoms with Gasteiger partial charge in [0.25, 0.3) is 6.47 Å². The van der Waals surface area contributed by atoms with Crippen LogP contribution < -0.4 is 10.0 Å². The smallest absolute Gasteiger partial charge is 0.416 e. The second-order valence-electron chi connectivity index (χ2n) is 10.1. The van der Waals surface area contributed by atoms with Gasteiger partial charge in [-0.15, -0.1) is 0 Å². The molecule has 8 nitrogen and oxygen atoms in total. The standard InChI is InChI=1S/C22H25F3N2O4S2.C5H10O2/c23-22(24,25)21-9-8-20(33(30,31)19-6-2-1-3-7-19)15-18(21)5-4-14-32(28,29)27-16-17-10-12-26-13-11-17;1-5(2,3)7-4-6/h1-9,15,17,26-27H,10-14,16H2;4H,1-3H3. The van der Waals surface area contributed by atoms with E-state index in [2.05, 4.69) is 14.8 Å². The highest BCUT2D eigenvalue weighted by atomic mass is 32.2. The summed E-state index contributed by atoms with van der Waals surface area (Å²) in [5, 5.41) is 3.18. The van der Waals surface area contributed by atoms with Gasteiger partial charge in [0.2, 0.25) is 19.9 Å². The first-order chi connectivity index (χ1) is 18.5. The molecule has 0 saturated carbocycles. The van der Waals surface area contributed by atoms with E-state index in [9.17, 15) is 34.8 Å². The summed E-state index contributed by atoms with van der Waals surface area (Å²) in [7, 11) is -7.77. The summed E-state index contributed by atoms with van der Waals surface area (Å²) in [6.45, 7) is 7.82. The molecule has 1 aliphatic heterocycles. The van der Waals surface area contributed by atoms with Crippen molar-refractivity contribution in [2.45, 2.75) is 55.2 Å². The van der Waals surface area contributed by atoms with Crippen LogP contribution in [0.25, 0.3) is 6.08 Å². The number of carbonyl (C=O) groups excluding carboxylic acids is 1. The van der Waals surface area contributed by atoms with Crippen LogP contribution in [0.3, 0.4) is 0 Å². The molecule has 1 saturated heterocycles. The molecule has 0 bridgehead atoms. The van der Waals surface area contributed by atoms with Gasteiger partial charge in [0, 0.05) is 6.54 Å². The van der Waals surface area contributed by atoms with E-state index in [1.54, 1.807) is 6.07 Å². The zero-order chi connectivity index (χ0) is 30.0. The number of rotatable bonds is 9. The number of alkyl halides is 3. The fraction of sp³-hybridized carbons (Fsp3) is 0.444. The molecule has 3 rings (SSSR count). The van der Waals surface area contributed by atoms with Gasteiger partial charge < -0.3 is 10.1 Å². The fourth-order valence-electron chi connectivity index (χ4n) is 3.68. The number of halogens is 3. The van der Waals surface area contributed by atoms with Gasteiger partial charge in [-0.05, 0) is 88.5 Å². The number of hydrogen-bond acceptors (Lipinski definition) is 7. The molecule has 0 aromatic heterocycles. The van der Waals surface area contributed by atoms with E-state index in [0.29, 0.717) is 12.5 Å². The van der Waals surface area contributed by atoms with Crippen LogP contribution in [-0.4, -0.2) is 54.3 Å². The third-order valence-electron chi connectivity index (χ3n) is 5.76. The number of carbonyl (C=O) groups is 1. The van der Waals surface area contributed by atoms with E-state index in [-0.39, 0.29) is 27.9 Å². The lowest BCUT2D eigenvalue weighted by Gasteiger charge is -2.22. The second-order valence-corrected chi connectivity index (χ2v) is 13.9. The van der Waals surface area contributed by atoms with Crippen molar-refractivity contribution in [1.29, 1.82) is 0 Å². The normalized spacial score (nSPS) is 15.3. The van der Waals surface area contributed by atoms with Crippen LogP contribution in [0, 0.1) is 5.92 Å². The van der Waals surface area contributed by atoms with Crippen molar-refractivity contribution in [2.75, 3.05) is 25.4 Å². The molecule has 2 N–H and O–H groups in total. The minimum absolute atomic E-state index is 0.0515. The summed E-state index contributed by atoms with van der Waals surface area (Å²) in [6.07, 6.45) is -0.961. The molecular weight excluding hydrogens is 569 g/mol. The largest absolute Gasteiger partial charge is 0.462 e. The predicted octanol–water partition coefficient (Wildman–Crippen LogP) is 4.43. The molecule has 0 spiro atoms. The van der Waals surface area contributed by atoms with E-state index in [4.69, 9.17) is 0 Å². The van der Waals surface area contributed by atoms with E-state index >= 15 is 0 Å². The predicted molar refractivity (Wildman–Crippen MR) is 147 cm³/mol. The minimum atomic E-state index is -4.74. The molecule has 0 amide bonds. The average Bonchev–Trinajstić information content (AvgIpc) is 2.87. The molecule has 0 radical (unpaired) electrons. The molecular formula is C27H35F3N2O6S2. The molecule has 13 heteroatoms. The molecule has 0 unspecified atom stereocenters. The van der Waals surface area contributed by atoms with Gasteiger partial charge in [-0.2, -0.15) is 13.2 Å². The zero-order valence-electron chi connectivity index (χ0n) is 22.6. The Bertz CT molecular complexity index is 1350. The van der Waals surface area contributed by atoms with Crippen LogP contribution in [0.2, 0.25) is 0 Å². The van der Waals surface area contributed by atoms with Gasteiger partial charge >= 0.3 is 6.18 Å². The molecule has 2 aromatic carbocycles. The Morgan fingerprint density at radius 2 is 1.60 bits per heavy atom. The van der Waals surface area contributed by atoms with Crippen molar-refractivity contribution in [3.63, 3.8) is 0 Å². The third-order valence-corrected chi connectivity index (χ3v) is 8.76. The van der Waals surface area contributed by atoms with E-state index in [0.717, 1.165) is 50.2 Å². The highest BCUT2D eigenvalue weighted by molar-refractivity contribution is 7.91. The van der Waals surface area contributed by atoms with Crippen molar-refractivity contribution in [2.24, 2.45) is 5.92 Å². The average molecular weight is 605 g/mol. The number of piperidine rings is 1. The summed E-state index contributed by atoms with van der Waals surface area (Å²) < 4.78 is 97.6. The van der Waals surface area contributed by atoms with Crippen molar-refractivity contribution >= 4 is 32.4 Å². The van der Waals surface area contributed by atoms with Gasteiger partial charge in [0.15, 0.2) is 0 Å². The van der Waals surface area contributed by atoms with Crippen LogP contribution >= 0.6 is 0 Å². The second kappa shape index (κ2) is 14.2. The molecule has 0 aliphatic carbocycles. The monoisotopic (exact) mass is 604 g/mol. The molecule has 2 aromatic rings. The van der Waals surface area contributed by atoms with Crippen LogP contribution in [0.1, 0.15) is 44.7 Å². The van der Waals surface area contributed by atoms with Crippen molar-refractivity contribution < 1.29 is 39.5 Å². The maximum absolute atomic E-state index is 13.5. The minimum Gasteiger partial charge on any atom is -0.462 e. The van der Waals surface area contributed by atoms with Crippen molar-refractivity contribution in [3.8, 4) is 0 Å². The van der Waals surface area contributed by atoms with E-state index in [1.807, 2.05) is 20.8 Å². The lowest BCUT2D eigenvalue weighted by molar-refractivity contribution is -0.139. The summed E-state index contributed by atoms with van der Waals surface area (Å²) >= 11 is 0. The lowest BCUT2D eigenvalue weighted by atomic mass is 9.99.